The minimum atomic E-state index is -1.03. The van der Waals surface area contributed by atoms with Gasteiger partial charge < -0.3 is 26.4 Å². The molecule has 1 aromatic heterocycles. The monoisotopic (exact) mass is 540 g/mol. The Hall–Kier alpha value is -2.92. The van der Waals surface area contributed by atoms with E-state index in [1.54, 1.807) is 18.2 Å². The molecule has 1 aliphatic heterocycles. The van der Waals surface area contributed by atoms with Crippen molar-refractivity contribution in [2.24, 2.45) is 4.99 Å². The van der Waals surface area contributed by atoms with Crippen LogP contribution in [0.2, 0.25) is 5.02 Å². The number of aromatic nitrogens is 1. The normalized spacial score (nSPS) is 16.2. The van der Waals surface area contributed by atoms with Gasteiger partial charge >= 0.3 is 0 Å². The topological polar surface area (TPSA) is 128 Å². The molecule has 176 valence electrons. The molecule has 0 bridgehead atoms. The zero-order chi connectivity index (χ0) is 24.0. The van der Waals surface area contributed by atoms with Crippen LogP contribution in [-0.2, 0) is 4.79 Å². The second kappa shape index (κ2) is 11.3. The minimum absolute atomic E-state index is 0.00919. The van der Waals surface area contributed by atoms with E-state index in [4.69, 9.17) is 11.6 Å². The number of halogens is 3. The van der Waals surface area contributed by atoms with Gasteiger partial charge in [-0.15, -0.1) is 0 Å². The van der Waals surface area contributed by atoms with E-state index in [0.29, 0.717) is 33.1 Å². The lowest BCUT2D eigenvalue weighted by molar-refractivity contribution is -0.120. The Morgan fingerprint density at radius 2 is 2.15 bits per heavy atom. The Labute approximate surface area is 203 Å². The van der Waals surface area contributed by atoms with Crippen molar-refractivity contribution in [3.8, 4) is 5.75 Å². The fourth-order valence-electron chi connectivity index (χ4n) is 3.13. The smallest absolute Gasteiger partial charge is 0.253 e. The lowest BCUT2D eigenvalue weighted by Crippen LogP contribution is -2.41. The first-order valence-electron chi connectivity index (χ1n) is 10.2. The number of rotatable bonds is 7. The summed E-state index contributed by atoms with van der Waals surface area (Å²) in [6.07, 6.45) is 2.33. The van der Waals surface area contributed by atoms with E-state index in [1.165, 1.54) is 12.4 Å². The van der Waals surface area contributed by atoms with Gasteiger partial charge in [-0.05, 0) is 40.5 Å². The maximum absolute atomic E-state index is 13.2. The molecule has 2 unspecified atom stereocenters. The number of anilines is 1. The van der Waals surface area contributed by atoms with Gasteiger partial charge in [0.2, 0.25) is 5.91 Å². The summed E-state index contributed by atoms with van der Waals surface area (Å²) in [6.45, 7) is 1.78. The molecule has 2 aromatic rings. The Morgan fingerprint density at radius 3 is 2.85 bits per heavy atom. The number of carbonyl (C=O) groups excluding carboxylic acids is 2. The number of nitrogens with one attached hydrogen (secondary N) is 4. The summed E-state index contributed by atoms with van der Waals surface area (Å²) < 4.78 is 13.6. The van der Waals surface area contributed by atoms with Crippen LogP contribution in [0.15, 0.2) is 40.1 Å². The number of alkyl halides is 1. The number of nitrogens with zero attached hydrogens (tertiary/aromatic N) is 2. The predicted molar refractivity (Wildman–Crippen MR) is 127 cm³/mol. The molecule has 12 heteroatoms. The zero-order valence-corrected chi connectivity index (χ0v) is 20.0. The Bertz CT molecular complexity index is 1070. The quantitative estimate of drug-likeness (QED) is 0.367. The molecule has 0 saturated heterocycles. The highest BCUT2D eigenvalue weighted by Gasteiger charge is 2.20. The molecule has 9 nitrogen and oxygen atoms in total. The molecule has 0 fully saturated rings. The van der Waals surface area contributed by atoms with E-state index >= 15 is 0 Å². The van der Waals surface area contributed by atoms with E-state index in [9.17, 15) is 19.1 Å². The van der Waals surface area contributed by atoms with Crippen LogP contribution in [0.25, 0.3) is 0 Å². The van der Waals surface area contributed by atoms with Crippen LogP contribution in [0.4, 0.5) is 10.1 Å². The van der Waals surface area contributed by atoms with Gasteiger partial charge in [0.1, 0.15) is 11.9 Å². The molecule has 1 aliphatic rings. The van der Waals surface area contributed by atoms with Crippen molar-refractivity contribution in [2.75, 3.05) is 25.0 Å². The number of benzene rings is 1. The highest BCUT2D eigenvalue weighted by atomic mass is 79.9. The highest BCUT2D eigenvalue weighted by molar-refractivity contribution is 9.10. The van der Waals surface area contributed by atoms with Crippen LogP contribution >= 0.6 is 27.5 Å². The lowest BCUT2D eigenvalue weighted by Gasteiger charge is -2.20. The number of aliphatic imine (C=N–C) groups is 1. The summed E-state index contributed by atoms with van der Waals surface area (Å²) in [5, 5.41) is 21.8. The van der Waals surface area contributed by atoms with E-state index < -0.39 is 24.0 Å². The summed E-state index contributed by atoms with van der Waals surface area (Å²) in [4.78, 5) is 33.0. The SMILES string of the molecule is CCC(NC(=O)CNC(=O)c1cncc(NC2=NCC(F)CN2)c1)c1cc(Cl)cc(Br)c1O. The summed E-state index contributed by atoms with van der Waals surface area (Å²) >= 11 is 9.29. The van der Waals surface area contributed by atoms with Crippen molar-refractivity contribution < 1.29 is 19.1 Å². The molecule has 2 heterocycles. The van der Waals surface area contributed by atoms with Gasteiger partial charge in [0.15, 0.2) is 5.96 Å². The third-order valence-corrected chi connectivity index (χ3v) is 5.61. The van der Waals surface area contributed by atoms with Crippen molar-refractivity contribution >= 4 is 51.0 Å². The number of phenols is 1. The van der Waals surface area contributed by atoms with Crippen LogP contribution in [0.1, 0.15) is 35.3 Å². The summed E-state index contributed by atoms with van der Waals surface area (Å²) in [5.74, 6) is -0.547. The van der Waals surface area contributed by atoms with Gasteiger partial charge in [0, 0.05) is 16.8 Å². The van der Waals surface area contributed by atoms with Gasteiger partial charge in [-0.1, -0.05) is 18.5 Å². The first-order chi connectivity index (χ1) is 15.8. The predicted octanol–water partition coefficient (Wildman–Crippen LogP) is 2.91. The number of carbonyl (C=O) groups is 2. The largest absolute Gasteiger partial charge is 0.506 e. The van der Waals surface area contributed by atoms with Gasteiger partial charge in [-0.3, -0.25) is 14.6 Å². The number of hydrogen-bond acceptors (Lipinski definition) is 7. The summed E-state index contributed by atoms with van der Waals surface area (Å²) in [7, 11) is 0. The second-order valence-electron chi connectivity index (χ2n) is 7.29. The minimum Gasteiger partial charge on any atom is -0.506 e. The van der Waals surface area contributed by atoms with Crippen molar-refractivity contribution in [1.29, 1.82) is 0 Å². The fraction of sp³-hybridized carbons (Fsp3) is 0.333. The number of pyridine rings is 1. The molecule has 0 aliphatic carbocycles. The van der Waals surface area contributed by atoms with Crippen molar-refractivity contribution in [2.45, 2.75) is 25.6 Å². The standard InChI is InChI=1S/C21H23BrClFN6O3/c1-2-17(15-4-12(23)5-16(22)19(15)32)30-18(31)10-26-20(33)11-3-14(9-25-6-11)29-21-27-7-13(24)8-28-21/h3-6,9,13,17,32H,2,7-8,10H2,1H3,(H,26,33)(H,30,31)(H2,27,28,29). The highest BCUT2D eigenvalue weighted by Crippen LogP contribution is 2.36. The average molecular weight is 542 g/mol. The van der Waals surface area contributed by atoms with Crippen LogP contribution in [0, 0.1) is 0 Å². The summed E-state index contributed by atoms with van der Waals surface area (Å²) in [6, 6.07) is 4.19. The summed E-state index contributed by atoms with van der Waals surface area (Å²) in [5.41, 5.74) is 1.19. The number of guanidine groups is 1. The molecule has 1 aromatic carbocycles. The molecule has 0 spiro atoms. The number of hydrogen-bond donors (Lipinski definition) is 5. The molecule has 3 rings (SSSR count). The van der Waals surface area contributed by atoms with Crippen LogP contribution in [0.3, 0.4) is 0 Å². The van der Waals surface area contributed by atoms with Gasteiger partial charge in [-0.2, -0.15) is 0 Å². The van der Waals surface area contributed by atoms with Gasteiger partial charge in [-0.25, -0.2) is 9.38 Å². The molecule has 0 radical (unpaired) electrons. The van der Waals surface area contributed by atoms with Crippen molar-refractivity contribution in [3.05, 3.63) is 51.2 Å². The van der Waals surface area contributed by atoms with Gasteiger partial charge in [0.05, 0.1) is 47.6 Å². The molecular weight excluding hydrogens is 519 g/mol. The maximum Gasteiger partial charge on any atom is 0.253 e. The maximum atomic E-state index is 13.2. The van der Waals surface area contributed by atoms with Gasteiger partial charge in [0.25, 0.3) is 5.91 Å². The van der Waals surface area contributed by atoms with Crippen LogP contribution in [0.5, 0.6) is 5.75 Å². The van der Waals surface area contributed by atoms with Crippen LogP contribution < -0.4 is 21.3 Å². The average Bonchev–Trinajstić information content (AvgIpc) is 2.80. The molecular formula is C21H23BrClFN6O3. The van der Waals surface area contributed by atoms with E-state index in [1.807, 2.05) is 6.92 Å². The van der Waals surface area contributed by atoms with E-state index in [0.717, 1.165) is 0 Å². The number of phenolic OH excluding ortho intramolecular Hbond substituents is 1. The van der Waals surface area contributed by atoms with Crippen LogP contribution in [-0.4, -0.2) is 53.7 Å². The number of aromatic hydroxyl groups is 1. The van der Waals surface area contributed by atoms with Crippen molar-refractivity contribution in [1.82, 2.24) is 20.9 Å². The zero-order valence-electron chi connectivity index (χ0n) is 17.7. The Balaban J connectivity index is 1.57. The Morgan fingerprint density at radius 1 is 1.36 bits per heavy atom. The molecule has 0 saturated carbocycles. The van der Waals surface area contributed by atoms with E-state index in [2.05, 4.69) is 47.2 Å². The Kier molecular flexibility index (Phi) is 8.45. The van der Waals surface area contributed by atoms with Crippen molar-refractivity contribution in [3.63, 3.8) is 0 Å². The number of amides is 2. The first kappa shape index (κ1) is 24.7. The lowest BCUT2D eigenvalue weighted by atomic mass is 10.0. The molecule has 5 N–H and O–H groups in total. The fourth-order valence-corrected chi connectivity index (χ4v) is 3.96. The molecule has 2 atom stereocenters. The van der Waals surface area contributed by atoms with E-state index in [-0.39, 0.29) is 30.9 Å². The third-order valence-electron chi connectivity index (χ3n) is 4.79. The second-order valence-corrected chi connectivity index (χ2v) is 8.58. The third kappa shape index (κ3) is 6.78. The molecule has 2 amide bonds. The molecule has 33 heavy (non-hydrogen) atoms. The first-order valence-corrected chi connectivity index (χ1v) is 11.3.